The van der Waals surface area contributed by atoms with Gasteiger partial charge in [0.05, 0.1) is 12.5 Å². The third kappa shape index (κ3) is 9.99. The summed E-state index contributed by atoms with van der Waals surface area (Å²) in [6.45, 7) is 4.55. The molecule has 2 aliphatic rings. The summed E-state index contributed by atoms with van der Waals surface area (Å²) >= 11 is 0. The van der Waals surface area contributed by atoms with Crippen molar-refractivity contribution in [1.29, 1.82) is 0 Å². The highest BCUT2D eigenvalue weighted by Gasteiger charge is 2.31. The van der Waals surface area contributed by atoms with Gasteiger partial charge in [-0.05, 0) is 38.4 Å². The lowest BCUT2D eigenvalue weighted by atomic mass is 10.1. The molecule has 164 valence electrons. The molecular weight excluding hydrogens is 382 g/mol. The predicted molar refractivity (Wildman–Crippen MR) is 118 cm³/mol. The number of benzene rings is 1. The molecule has 0 aromatic heterocycles. The molecule has 0 spiro atoms. The average molecular weight is 416 g/mol. The van der Waals surface area contributed by atoms with Gasteiger partial charge in [0.15, 0.2) is 6.29 Å². The molecule has 1 aromatic rings. The molecule has 1 aliphatic carbocycles. The van der Waals surface area contributed by atoms with E-state index in [1.165, 1.54) is 12.8 Å². The van der Waals surface area contributed by atoms with E-state index in [0.717, 1.165) is 6.04 Å². The van der Waals surface area contributed by atoms with Gasteiger partial charge in [-0.15, -0.1) is 12.8 Å². The Balaban J connectivity index is 0.000000788. The molecule has 1 aliphatic heterocycles. The highest BCUT2D eigenvalue weighted by Crippen LogP contribution is 2.19. The van der Waals surface area contributed by atoms with E-state index in [0.29, 0.717) is 25.1 Å². The summed E-state index contributed by atoms with van der Waals surface area (Å²) < 4.78 is 0. The molecule has 1 aromatic carbocycles. The van der Waals surface area contributed by atoms with Crippen LogP contribution in [0.1, 0.15) is 43.5 Å². The van der Waals surface area contributed by atoms with Crippen LogP contribution >= 0.6 is 0 Å². The Morgan fingerprint density at radius 3 is 2.17 bits per heavy atom. The zero-order valence-electron chi connectivity index (χ0n) is 18.1. The maximum absolute atomic E-state index is 12.2. The molecule has 2 fully saturated rings. The number of amides is 2. The van der Waals surface area contributed by atoms with Gasteiger partial charge >= 0.3 is 0 Å². The van der Waals surface area contributed by atoms with Crippen molar-refractivity contribution in [2.75, 3.05) is 26.7 Å². The number of rotatable bonds is 6. The van der Waals surface area contributed by atoms with Gasteiger partial charge in [0.1, 0.15) is 0 Å². The van der Waals surface area contributed by atoms with Crippen LogP contribution in [0.15, 0.2) is 30.3 Å². The van der Waals surface area contributed by atoms with Crippen molar-refractivity contribution < 1.29 is 19.2 Å². The Morgan fingerprint density at radius 1 is 1.10 bits per heavy atom. The number of terminal acetylenes is 1. The lowest BCUT2D eigenvalue weighted by Gasteiger charge is -2.16. The van der Waals surface area contributed by atoms with E-state index in [1.807, 2.05) is 27.0 Å². The van der Waals surface area contributed by atoms with Gasteiger partial charge in [0, 0.05) is 24.7 Å². The minimum Gasteiger partial charge on any atom is -0.348 e. The summed E-state index contributed by atoms with van der Waals surface area (Å²) in [4.78, 5) is 46.7. The first kappa shape index (κ1) is 27.0. The van der Waals surface area contributed by atoms with Crippen molar-refractivity contribution in [1.82, 2.24) is 15.5 Å². The quantitative estimate of drug-likeness (QED) is 0.419. The average Bonchev–Trinajstić information content (AvgIpc) is 3.55. The first-order valence-corrected chi connectivity index (χ1v) is 10.2. The number of Topliss-reactive ketones (excluding diaryl/α,β-unsaturated/α-hetero) is 1. The monoisotopic (exact) mass is 415 g/mol. The van der Waals surface area contributed by atoms with Crippen LogP contribution in [0.5, 0.6) is 0 Å². The lowest BCUT2D eigenvalue weighted by molar-refractivity contribution is -0.131. The zero-order valence-corrected chi connectivity index (χ0v) is 18.1. The molecule has 7 heteroatoms. The number of likely N-dealkylation sites (tertiary alicyclic amines) is 1. The van der Waals surface area contributed by atoms with Gasteiger partial charge in [0.25, 0.3) is 5.91 Å². The summed E-state index contributed by atoms with van der Waals surface area (Å²) in [6.07, 6.45) is 11.5. The molecule has 1 saturated carbocycles. The molecular formula is C23H33N3O4. The highest BCUT2D eigenvalue weighted by atomic mass is 16.2. The number of nitrogens with one attached hydrogen (secondary N) is 2. The van der Waals surface area contributed by atoms with Gasteiger partial charge in [-0.3, -0.25) is 19.2 Å². The Kier molecular flexibility index (Phi) is 14.3. The third-order valence-electron chi connectivity index (χ3n) is 4.42. The summed E-state index contributed by atoms with van der Waals surface area (Å²) in [6, 6.07) is 9.77. The maximum Gasteiger partial charge on any atom is 0.253 e. The summed E-state index contributed by atoms with van der Waals surface area (Å²) in [7, 11) is 2.01. The number of hydrogen-bond acceptors (Lipinski definition) is 5. The van der Waals surface area contributed by atoms with Crippen molar-refractivity contribution in [3.63, 3.8) is 0 Å². The Labute approximate surface area is 179 Å². The van der Waals surface area contributed by atoms with Gasteiger partial charge in [-0.25, -0.2) is 0 Å². The summed E-state index contributed by atoms with van der Waals surface area (Å²) in [5.41, 5.74) is 0.592. The van der Waals surface area contributed by atoms with Gasteiger partial charge in [0.2, 0.25) is 11.7 Å². The topological polar surface area (TPSA) is 95.6 Å². The summed E-state index contributed by atoms with van der Waals surface area (Å²) in [5, 5.41) is 5.56. The van der Waals surface area contributed by atoms with Crippen molar-refractivity contribution in [2.24, 2.45) is 5.92 Å². The van der Waals surface area contributed by atoms with Crippen LogP contribution in [0.4, 0.5) is 0 Å². The normalized spacial score (nSPS) is 16.3. The van der Waals surface area contributed by atoms with Crippen LogP contribution in [-0.2, 0) is 14.4 Å². The fourth-order valence-corrected chi connectivity index (χ4v) is 2.65. The van der Waals surface area contributed by atoms with E-state index in [9.17, 15) is 19.2 Å². The van der Waals surface area contributed by atoms with E-state index in [-0.39, 0.29) is 30.6 Å². The van der Waals surface area contributed by atoms with Crippen LogP contribution in [-0.4, -0.2) is 61.5 Å². The van der Waals surface area contributed by atoms with E-state index in [1.54, 1.807) is 29.2 Å². The molecule has 0 unspecified atom stereocenters. The Hall–Kier alpha value is -2.98. The number of hydrogen-bond donors (Lipinski definition) is 2. The smallest absolute Gasteiger partial charge is 0.253 e. The maximum atomic E-state index is 12.2. The Bertz CT molecular complexity index is 684. The summed E-state index contributed by atoms with van der Waals surface area (Å²) in [5.74, 6) is -1.40. The second-order valence-corrected chi connectivity index (χ2v) is 6.47. The molecule has 1 atom stereocenters. The number of carbonyl (C=O) groups is 4. The van der Waals surface area contributed by atoms with Gasteiger partial charge in [-0.1, -0.05) is 32.0 Å². The molecule has 1 heterocycles. The van der Waals surface area contributed by atoms with Gasteiger partial charge < -0.3 is 15.5 Å². The largest absolute Gasteiger partial charge is 0.348 e. The fourth-order valence-electron chi connectivity index (χ4n) is 2.65. The van der Waals surface area contributed by atoms with Gasteiger partial charge in [-0.2, -0.15) is 0 Å². The SMILES string of the molecule is C#C.CC.CNC1CC1.O=CC(=O)CNC(=O)[C@H]1CCN(C(=O)c2ccccc2)C1. The van der Waals surface area contributed by atoms with E-state index in [2.05, 4.69) is 23.5 Å². The number of nitrogens with zero attached hydrogens (tertiary/aromatic N) is 1. The second kappa shape index (κ2) is 15.9. The van der Waals surface area contributed by atoms with E-state index < -0.39 is 5.78 Å². The Morgan fingerprint density at radius 2 is 1.70 bits per heavy atom. The molecule has 0 radical (unpaired) electrons. The highest BCUT2D eigenvalue weighted by molar-refractivity contribution is 6.26. The zero-order chi connectivity index (χ0) is 22.9. The van der Waals surface area contributed by atoms with Crippen LogP contribution < -0.4 is 10.6 Å². The first-order valence-electron chi connectivity index (χ1n) is 10.2. The number of aldehydes is 1. The molecule has 2 amide bonds. The first-order chi connectivity index (χ1) is 14.5. The molecule has 7 nitrogen and oxygen atoms in total. The minimum atomic E-state index is -0.668. The van der Waals surface area contributed by atoms with E-state index >= 15 is 0 Å². The fraction of sp³-hybridized carbons (Fsp3) is 0.478. The number of ketones is 1. The van der Waals surface area contributed by atoms with Crippen LogP contribution in [0.25, 0.3) is 0 Å². The van der Waals surface area contributed by atoms with Crippen molar-refractivity contribution in [3.05, 3.63) is 35.9 Å². The number of carbonyl (C=O) groups excluding carboxylic acids is 4. The molecule has 1 saturated heterocycles. The van der Waals surface area contributed by atoms with Crippen molar-refractivity contribution >= 4 is 23.9 Å². The third-order valence-corrected chi connectivity index (χ3v) is 4.42. The molecule has 3 rings (SSSR count). The predicted octanol–water partition coefficient (Wildman–Crippen LogP) is 1.68. The van der Waals surface area contributed by atoms with Crippen LogP contribution in [0.2, 0.25) is 0 Å². The molecule has 2 N–H and O–H groups in total. The molecule has 0 bridgehead atoms. The minimum absolute atomic E-state index is 0.102. The standard InChI is InChI=1S/C15H16N2O4.C4H9N.C2H6.C2H2/c18-10-13(19)8-16-14(20)12-6-7-17(9-12)15(21)11-4-2-1-3-5-11;1-5-4-2-3-4;2*1-2/h1-5,10,12H,6-9H2,(H,16,20);4-5H,2-3H2,1H3;1-2H3;1-2H/t12-;;;/m0.../s1. The molecule has 30 heavy (non-hydrogen) atoms. The lowest BCUT2D eigenvalue weighted by Crippen LogP contribution is -2.37. The van der Waals surface area contributed by atoms with Crippen LogP contribution in [0.3, 0.4) is 0 Å². The van der Waals surface area contributed by atoms with E-state index in [4.69, 9.17) is 0 Å². The van der Waals surface area contributed by atoms with Crippen molar-refractivity contribution in [2.45, 2.75) is 39.2 Å². The second-order valence-electron chi connectivity index (χ2n) is 6.47. The van der Waals surface area contributed by atoms with Crippen molar-refractivity contribution in [3.8, 4) is 12.8 Å². The van der Waals surface area contributed by atoms with Crippen LogP contribution in [0, 0.1) is 18.8 Å².